The van der Waals surface area contributed by atoms with Crippen molar-refractivity contribution >= 4 is 19.7 Å². The third kappa shape index (κ3) is 6.13. The smallest absolute Gasteiger partial charge is 0.0483 e. The molecule has 0 aliphatic carbocycles. The molecule has 0 N–H and O–H groups in total. The van der Waals surface area contributed by atoms with E-state index in [-0.39, 0.29) is 0 Å². The van der Waals surface area contributed by atoms with Gasteiger partial charge >= 0.3 is 0 Å². The van der Waals surface area contributed by atoms with Gasteiger partial charge in [-0.2, -0.15) is 0 Å². The highest BCUT2D eigenvalue weighted by Crippen LogP contribution is 2.15. The summed E-state index contributed by atoms with van der Waals surface area (Å²) in [6, 6.07) is 1.22. The van der Waals surface area contributed by atoms with Gasteiger partial charge in [-0.15, -0.1) is 0 Å². The molecule has 0 aromatic heterocycles. The lowest BCUT2D eigenvalue weighted by Crippen LogP contribution is -2.18. The predicted molar refractivity (Wildman–Crippen MR) is 47.8 cm³/mol. The van der Waals surface area contributed by atoms with E-state index in [0.29, 0.717) is 0 Å². The first-order valence-electron chi connectivity index (χ1n) is 3.21. The summed E-state index contributed by atoms with van der Waals surface area (Å²) in [5.74, 6) is 0. The second kappa shape index (κ2) is 3.42. The molecule has 9 heavy (non-hydrogen) atoms. The van der Waals surface area contributed by atoms with Crippen molar-refractivity contribution in [2.45, 2.75) is 32.6 Å². The highest BCUT2D eigenvalue weighted by atomic mass is 35.5. The summed E-state index contributed by atoms with van der Waals surface area (Å²) < 4.78 is 0. The van der Waals surface area contributed by atoms with Crippen LogP contribution >= 0.6 is 11.6 Å². The quantitative estimate of drug-likeness (QED) is 0.546. The summed E-state index contributed by atoms with van der Waals surface area (Å²) in [7, 11) is -0.894. The maximum Gasteiger partial charge on any atom is 0.0483 e. The first kappa shape index (κ1) is 9.25. The van der Waals surface area contributed by atoms with E-state index < -0.39 is 8.07 Å². The number of hydrogen-bond donors (Lipinski definition) is 0. The Morgan fingerprint density at radius 2 is 1.89 bits per heavy atom. The zero-order valence-electron chi connectivity index (χ0n) is 6.66. The van der Waals surface area contributed by atoms with Crippen LogP contribution in [0.15, 0.2) is 11.1 Å². The molecule has 0 fully saturated rings. The van der Waals surface area contributed by atoms with Gasteiger partial charge in [0.1, 0.15) is 0 Å². The van der Waals surface area contributed by atoms with Gasteiger partial charge in [-0.3, -0.25) is 0 Å². The third-order valence-electron chi connectivity index (χ3n) is 0.995. The molecular weight excluding hydrogens is 148 g/mol. The topological polar surface area (TPSA) is 0 Å². The van der Waals surface area contributed by atoms with Crippen molar-refractivity contribution in [1.82, 2.24) is 0 Å². The number of rotatable bonds is 2. The molecule has 0 aliphatic heterocycles. The van der Waals surface area contributed by atoms with Crippen LogP contribution in [0.25, 0.3) is 0 Å². The molecule has 0 aliphatic rings. The van der Waals surface area contributed by atoms with E-state index >= 15 is 0 Å². The van der Waals surface area contributed by atoms with E-state index in [4.69, 9.17) is 11.6 Å². The van der Waals surface area contributed by atoms with Crippen LogP contribution < -0.4 is 0 Å². The van der Waals surface area contributed by atoms with E-state index in [0.717, 1.165) is 0 Å². The number of hydrogen-bond acceptors (Lipinski definition) is 0. The average Bonchev–Trinajstić information content (AvgIpc) is 1.62. The summed E-state index contributed by atoms with van der Waals surface area (Å²) >= 11 is 5.52. The van der Waals surface area contributed by atoms with Gasteiger partial charge in [0.15, 0.2) is 0 Å². The van der Waals surface area contributed by atoms with Crippen LogP contribution in [0.3, 0.4) is 0 Å². The molecule has 0 atom stereocenters. The Labute approximate surface area is 63.9 Å². The Hall–Kier alpha value is 0.247. The maximum atomic E-state index is 5.52. The van der Waals surface area contributed by atoms with Crippen LogP contribution in [0.4, 0.5) is 0 Å². The molecule has 0 unspecified atom stereocenters. The molecule has 0 radical (unpaired) electrons. The molecular formula is C7H15ClSi. The first-order chi connectivity index (χ1) is 3.95. The number of halogens is 1. The lowest BCUT2D eigenvalue weighted by molar-refractivity contribution is 1.33. The fourth-order valence-electron chi connectivity index (χ4n) is 0.875. The van der Waals surface area contributed by atoms with Gasteiger partial charge in [0.25, 0.3) is 0 Å². The third-order valence-corrected chi connectivity index (χ3v) is 2.99. The standard InChI is InChI=1S/C7H15ClSi/c1-7(5-8)6-9(2,3)4/h5H,6H2,1-4H3. The van der Waals surface area contributed by atoms with Gasteiger partial charge in [0, 0.05) is 13.6 Å². The Morgan fingerprint density at radius 3 is 2.00 bits per heavy atom. The molecule has 0 nitrogen and oxygen atoms in total. The van der Waals surface area contributed by atoms with Crippen molar-refractivity contribution in [3.63, 3.8) is 0 Å². The zero-order chi connectivity index (χ0) is 7.49. The minimum atomic E-state index is -0.894. The normalized spacial score (nSPS) is 14.1. The summed E-state index contributed by atoms with van der Waals surface area (Å²) in [4.78, 5) is 0. The molecule has 54 valence electrons. The average molecular weight is 163 g/mol. The summed E-state index contributed by atoms with van der Waals surface area (Å²) in [5.41, 5.74) is 3.01. The molecule has 0 heterocycles. The van der Waals surface area contributed by atoms with Crippen molar-refractivity contribution < 1.29 is 0 Å². The number of allylic oxidation sites excluding steroid dienone is 1. The Kier molecular flexibility index (Phi) is 3.52. The van der Waals surface area contributed by atoms with E-state index in [1.165, 1.54) is 11.6 Å². The SMILES string of the molecule is CC(=CCl)C[Si](C)(C)C. The van der Waals surface area contributed by atoms with Crippen LogP contribution in [0.1, 0.15) is 6.92 Å². The minimum absolute atomic E-state index is 0.894. The monoisotopic (exact) mass is 162 g/mol. The Bertz CT molecular complexity index is 111. The van der Waals surface area contributed by atoms with Gasteiger partial charge in [-0.05, 0) is 13.0 Å². The summed E-state index contributed by atoms with van der Waals surface area (Å²) in [5, 5.41) is 0. The lowest BCUT2D eigenvalue weighted by atomic mass is 10.4. The predicted octanol–water partition coefficient (Wildman–Crippen LogP) is 3.47. The van der Waals surface area contributed by atoms with E-state index in [1.807, 2.05) is 0 Å². The summed E-state index contributed by atoms with van der Waals surface area (Å²) in [6.45, 7) is 9.12. The lowest BCUT2D eigenvalue weighted by Gasteiger charge is -2.14. The Balaban J connectivity index is 3.75. The molecule has 0 bridgehead atoms. The highest BCUT2D eigenvalue weighted by Gasteiger charge is 2.12. The van der Waals surface area contributed by atoms with E-state index in [1.54, 1.807) is 5.54 Å². The van der Waals surface area contributed by atoms with Crippen LogP contribution in [-0.4, -0.2) is 8.07 Å². The molecule has 0 aromatic rings. The van der Waals surface area contributed by atoms with Crippen molar-refractivity contribution in [3.05, 3.63) is 11.1 Å². The van der Waals surface area contributed by atoms with Crippen LogP contribution in [-0.2, 0) is 0 Å². The Morgan fingerprint density at radius 1 is 1.44 bits per heavy atom. The molecule has 0 amide bonds. The molecule has 0 saturated carbocycles. The van der Waals surface area contributed by atoms with Crippen LogP contribution in [0.5, 0.6) is 0 Å². The fourth-order valence-corrected chi connectivity index (χ4v) is 2.86. The molecule has 0 spiro atoms. The van der Waals surface area contributed by atoms with Crippen LogP contribution in [0, 0.1) is 0 Å². The minimum Gasteiger partial charge on any atom is -0.0930 e. The fraction of sp³-hybridized carbons (Fsp3) is 0.714. The second-order valence-corrected chi connectivity index (χ2v) is 9.39. The molecule has 2 heteroatoms. The van der Waals surface area contributed by atoms with Crippen LogP contribution in [0.2, 0.25) is 25.7 Å². The van der Waals surface area contributed by atoms with Gasteiger partial charge in [0.2, 0.25) is 0 Å². The highest BCUT2D eigenvalue weighted by molar-refractivity contribution is 6.76. The first-order valence-corrected chi connectivity index (χ1v) is 7.36. The van der Waals surface area contributed by atoms with Crippen molar-refractivity contribution in [1.29, 1.82) is 0 Å². The van der Waals surface area contributed by atoms with Gasteiger partial charge in [-0.1, -0.05) is 36.8 Å². The van der Waals surface area contributed by atoms with E-state index in [9.17, 15) is 0 Å². The summed E-state index contributed by atoms with van der Waals surface area (Å²) in [6.07, 6.45) is 0. The van der Waals surface area contributed by atoms with Gasteiger partial charge in [0.05, 0.1) is 0 Å². The second-order valence-electron chi connectivity index (χ2n) is 3.69. The van der Waals surface area contributed by atoms with Crippen molar-refractivity contribution in [2.75, 3.05) is 0 Å². The molecule has 0 aromatic carbocycles. The van der Waals surface area contributed by atoms with Crippen molar-refractivity contribution in [3.8, 4) is 0 Å². The van der Waals surface area contributed by atoms with Gasteiger partial charge in [-0.25, -0.2) is 0 Å². The van der Waals surface area contributed by atoms with Crippen molar-refractivity contribution in [2.24, 2.45) is 0 Å². The zero-order valence-corrected chi connectivity index (χ0v) is 8.42. The molecule has 0 rings (SSSR count). The molecule has 0 saturated heterocycles. The largest absolute Gasteiger partial charge is 0.0930 e. The van der Waals surface area contributed by atoms with Gasteiger partial charge < -0.3 is 0 Å². The maximum absolute atomic E-state index is 5.52. The van der Waals surface area contributed by atoms with E-state index in [2.05, 4.69) is 26.6 Å².